The van der Waals surface area contributed by atoms with Crippen LogP contribution in [0.4, 0.5) is 5.69 Å². The molecule has 1 unspecified atom stereocenters. The highest BCUT2D eigenvalue weighted by Crippen LogP contribution is 2.32. The Bertz CT molecular complexity index is 553. The van der Waals surface area contributed by atoms with Gasteiger partial charge in [0, 0.05) is 12.6 Å². The zero-order valence-electron chi connectivity index (χ0n) is 11.6. The number of fused-ring (bicyclic) bond motifs is 1. The van der Waals surface area contributed by atoms with Gasteiger partial charge in [-0.15, -0.1) is 0 Å². The van der Waals surface area contributed by atoms with Gasteiger partial charge >= 0.3 is 0 Å². The molecule has 0 fully saturated rings. The largest absolute Gasteiger partial charge is 0.324 e. The van der Waals surface area contributed by atoms with Gasteiger partial charge in [-0.25, -0.2) is 8.42 Å². The summed E-state index contributed by atoms with van der Waals surface area (Å²) in [7, 11) is -3.17. The summed E-state index contributed by atoms with van der Waals surface area (Å²) in [4.78, 5) is 0. The standard InChI is InChI=1S/C14H22N2O2S/c1-3-4-9-19(17,18)16-8-7-13-10-12(11(2)15)5-6-14(13)16/h5-6,10-11H,3-4,7-9,15H2,1-2H3. The first-order valence-electron chi connectivity index (χ1n) is 6.84. The second kappa shape index (κ2) is 5.51. The van der Waals surface area contributed by atoms with E-state index in [4.69, 9.17) is 5.73 Å². The zero-order valence-corrected chi connectivity index (χ0v) is 12.4. The van der Waals surface area contributed by atoms with E-state index in [2.05, 4.69) is 0 Å². The van der Waals surface area contributed by atoms with Crippen LogP contribution in [0, 0.1) is 0 Å². The van der Waals surface area contributed by atoms with Crippen molar-refractivity contribution in [3.05, 3.63) is 29.3 Å². The van der Waals surface area contributed by atoms with Crippen molar-refractivity contribution in [1.82, 2.24) is 0 Å². The third-order valence-electron chi connectivity index (χ3n) is 3.57. The molecule has 1 heterocycles. The van der Waals surface area contributed by atoms with Crippen molar-refractivity contribution in [2.24, 2.45) is 5.73 Å². The highest BCUT2D eigenvalue weighted by atomic mass is 32.2. The second-order valence-corrected chi connectivity index (χ2v) is 7.18. The van der Waals surface area contributed by atoms with E-state index < -0.39 is 10.0 Å². The van der Waals surface area contributed by atoms with Crippen LogP contribution in [-0.4, -0.2) is 20.7 Å². The summed E-state index contributed by atoms with van der Waals surface area (Å²) in [5, 5.41) is 0. The van der Waals surface area contributed by atoms with Crippen LogP contribution in [0.3, 0.4) is 0 Å². The maximum absolute atomic E-state index is 12.3. The van der Waals surface area contributed by atoms with Gasteiger partial charge in [0.1, 0.15) is 0 Å². The Hall–Kier alpha value is -1.07. The van der Waals surface area contributed by atoms with Crippen molar-refractivity contribution in [3.8, 4) is 0 Å². The fourth-order valence-electron chi connectivity index (χ4n) is 2.40. The van der Waals surface area contributed by atoms with Gasteiger partial charge in [-0.05, 0) is 37.0 Å². The van der Waals surface area contributed by atoms with Crippen LogP contribution in [0.15, 0.2) is 18.2 Å². The van der Waals surface area contributed by atoms with Crippen molar-refractivity contribution in [2.75, 3.05) is 16.6 Å². The van der Waals surface area contributed by atoms with E-state index in [1.54, 1.807) is 4.31 Å². The summed E-state index contributed by atoms with van der Waals surface area (Å²) in [5.74, 6) is 0.234. The summed E-state index contributed by atoms with van der Waals surface area (Å²) in [6, 6.07) is 5.84. The summed E-state index contributed by atoms with van der Waals surface area (Å²) in [6.45, 7) is 4.50. The van der Waals surface area contributed by atoms with Crippen LogP contribution < -0.4 is 10.0 Å². The minimum absolute atomic E-state index is 0.0175. The quantitative estimate of drug-likeness (QED) is 0.900. The number of unbranched alkanes of at least 4 members (excludes halogenated alkanes) is 1. The number of rotatable bonds is 5. The van der Waals surface area contributed by atoms with Crippen LogP contribution >= 0.6 is 0 Å². The van der Waals surface area contributed by atoms with Gasteiger partial charge in [0.2, 0.25) is 10.0 Å². The number of nitrogens with two attached hydrogens (primary N) is 1. The first kappa shape index (κ1) is 14.3. The van der Waals surface area contributed by atoms with E-state index >= 15 is 0 Å². The fourth-order valence-corrected chi connectivity index (χ4v) is 4.12. The van der Waals surface area contributed by atoms with E-state index in [-0.39, 0.29) is 11.8 Å². The molecule has 0 radical (unpaired) electrons. The molecule has 4 nitrogen and oxygen atoms in total. The van der Waals surface area contributed by atoms with E-state index in [1.165, 1.54) is 0 Å². The minimum Gasteiger partial charge on any atom is -0.324 e. The monoisotopic (exact) mass is 282 g/mol. The maximum Gasteiger partial charge on any atom is 0.235 e. The lowest BCUT2D eigenvalue weighted by Crippen LogP contribution is -2.31. The van der Waals surface area contributed by atoms with Crippen LogP contribution in [-0.2, 0) is 16.4 Å². The van der Waals surface area contributed by atoms with Crippen molar-refractivity contribution in [3.63, 3.8) is 0 Å². The Morgan fingerprint density at radius 3 is 2.79 bits per heavy atom. The fraction of sp³-hybridized carbons (Fsp3) is 0.571. The van der Waals surface area contributed by atoms with Gasteiger partial charge < -0.3 is 5.73 Å². The summed E-state index contributed by atoms with van der Waals surface area (Å²) >= 11 is 0. The molecule has 0 saturated heterocycles. The van der Waals surface area contributed by atoms with E-state index in [1.807, 2.05) is 32.0 Å². The number of hydrogen-bond acceptors (Lipinski definition) is 3. The lowest BCUT2D eigenvalue weighted by atomic mass is 10.0. The third kappa shape index (κ3) is 2.92. The molecule has 0 amide bonds. The molecule has 2 rings (SSSR count). The van der Waals surface area contributed by atoms with Gasteiger partial charge in [0.05, 0.1) is 11.4 Å². The van der Waals surface area contributed by atoms with Gasteiger partial charge in [0.25, 0.3) is 0 Å². The number of anilines is 1. The molecular weight excluding hydrogens is 260 g/mol. The molecule has 0 aliphatic carbocycles. The first-order valence-corrected chi connectivity index (χ1v) is 8.45. The molecule has 106 valence electrons. The van der Waals surface area contributed by atoms with E-state index in [9.17, 15) is 8.42 Å². The predicted octanol–water partition coefficient (Wildman–Crippen LogP) is 2.20. The van der Waals surface area contributed by atoms with Crippen LogP contribution in [0.5, 0.6) is 0 Å². The molecule has 1 aliphatic heterocycles. The molecule has 1 aromatic rings. The average molecular weight is 282 g/mol. The number of nitrogens with zero attached hydrogens (tertiary/aromatic N) is 1. The Kier molecular flexibility index (Phi) is 4.16. The highest BCUT2D eigenvalue weighted by molar-refractivity contribution is 7.92. The Labute approximate surface area is 115 Å². The van der Waals surface area contributed by atoms with Crippen LogP contribution in [0.25, 0.3) is 0 Å². The molecular formula is C14H22N2O2S. The summed E-state index contributed by atoms with van der Waals surface area (Å²) in [5.41, 5.74) is 8.85. The minimum atomic E-state index is -3.17. The number of benzene rings is 1. The smallest absolute Gasteiger partial charge is 0.235 e. The molecule has 0 spiro atoms. The third-order valence-corrected chi connectivity index (χ3v) is 5.43. The Morgan fingerprint density at radius 1 is 1.42 bits per heavy atom. The molecule has 1 aliphatic rings. The number of sulfonamides is 1. The number of hydrogen-bond donors (Lipinski definition) is 1. The lowest BCUT2D eigenvalue weighted by molar-refractivity contribution is 0.589. The zero-order chi connectivity index (χ0) is 14.0. The van der Waals surface area contributed by atoms with Crippen molar-refractivity contribution >= 4 is 15.7 Å². The average Bonchev–Trinajstić information content (AvgIpc) is 2.79. The van der Waals surface area contributed by atoms with Crippen molar-refractivity contribution in [1.29, 1.82) is 0 Å². The molecule has 1 aromatic carbocycles. The summed E-state index contributed by atoms with van der Waals surface area (Å²) < 4.78 is 26.1. The predicted molar refractivity (Wildman–Crippen MR) is 78.8 cm³/mol. The van der Waals surface area contributed by atoms with Gasteiger partial charge in [0.15, 0.2) is 0 Å². The topological polar surface area (TPSA) is 63.4 Å². The Balaban J connectivity index is 2.27. The maximum atomic E-state index is 12.3. The van der Waals surface area contributed by atoms with Gasteiger partial charge in [-0.1, -0.05) is 25.5 Å². The lowest BCUT2D eigenvalue weighted by Gasteiger charge is -2.19. The van der Waals surface area contributed by atoms with Gasteiger partial charge in [-0.3, -0.25) is 4.31 Å². The van der Waals surface area contributed by atoms with Crippen molar-refractivity contribution < 1.29 is 8.42 Å². The molecule has 19 heavy (non-hydrogen) atoms. The molecule has 5 heteroatoms. The molecule has 0 aromatic heterocycles. The van der Waals surface area contributed by atoms with Crippen LogP contribution in [0.1, 0.15) is 43.9 Å². The summed E-state index contributed by atoms with van der Waals surface area (Å²) in [6.07, 6.45) is 2.39. The molecule has 1 atom stereocenters. The van der Waals surface area contributed by atoms with Gasteiger partial charge in [-0.2, -0.15) is 0 Å². The van der Waals surface area contributed by atoms with E-state index in [0.29, 0.717) is 13.0 Å². The molecule has 0 saturated carbocycles. The second-order valence-electron chi connectivity index (χ2n) is 5.17. The Morgan fingerprint density at radius 2 is 2.16 bits per heavy atom. The van der Waals surface area contributed by atoms with Crippen LogP contribution in [0.2, 0.25) is 0 Å². The van der Waals surface area contributed by atoms with Crippen molar-refractivity contribution in [2.45, 2.75) is 39.2 Å². The normalized spacial score (nSPS) is 16.5. The highest BCUT2D eigenvalue weighted by Gasteiger charge is 2.28. The SMILES string of the molecule is CCCCS(=O)(=O)N1CCc2cc(C(C)N)ccc21. The molecule has 0 bridgehead atoms. The first-order chi connectivity index (χ1) is 8.95. The van der Waals surface area contributed by atoms with E-state index in [0.717, 1.165) is 29.7 Å². The molecule has 2 N–H and O–H groups in total.